The van der Waals surface area contributed by atoms with Crippen LogP contribution < -0.4 is 23.7 Å². The van der Waals surface area contributed by atoms with Gasteiger partial charge in [0.2, 0.25) is 0 Å². The van der Waals surface area contributed by atoms with Crippen LogP contribution in [-0.2, 0) is 11.2 Å². The first-order valence-electron chi connectivity index (χ1n) is 8.31. The minimum atomic E-state index is -0.288. The molecule has 0 spiro atoms. The maximum atomic E-state index is 6.30. The molecule has 2 atom stereocenters. The Kier molecular flexibility index (Phi) is 5.42. The Hall–Kier alpha value is -2.60. The van der Waals surface area contributed by atoms with Crippen LogP contribution in [0.15, 0.2) is 30.3 Å². The van der Waals surface area contributed by atoms with Crippen molar-refractivity contribution in [3.8, 4) is 28.7 Å². The summed E-state index contributed by atoms with van der Waals surface area (Å²) < 4.78 is 33.6. The molecule has 0 amide bonds. The summed E-state index contributed by atoms with van der Waals surface area (Å²) in [7, 11) is 8.16. The van der Waals surface area contributed by atoms with Crippen LogP contribution in [0.4, 0.5) is 0 Å². The molecule has 0 saturated carbocycles. The fraction of sp³-hybridized carbons (Fsp3) is 0.400. The molecule has 1 heterocycles. The van der Waals surface area contributed by atoms with Crippen molar-refractivity contribution >= 4 is 0 Å². The molecule has 2 aromatic rings. The van der Waals surface area contributed by atoms with Crippen LogP contribution in [0.5, 0.6) is 28.7 Å². The molecule has 0 radical (unpaired) electrons. The Labute approximate surface area is 153 Å². The molecule has 6 heteroatoms. The maximum absolute atomic E-state index is 6.30. The number of fused-ring (bicyclic) bond motifs is 1. The van der Waals surface area contributed by atoms with E-state index in [-0.39, 0.29) is 12.2 Å². The SMILES string of the molecule is COc1cc(OC)c2c(c1)O[C@H](c1ccc(OC)c(OC)c1)[C@@H](OC)C2. The normalized spacial score (nSPS) is 18.5. The van der Waals surface area contributed by atoms with Gasteiger partial charge in [-0.05, 0) is 17.7 Å². The highest BCUT2D eigenvalue weighted by Gasteiger charge is 2.34. The first-order valence-corrected chi connectivity index (χ1v) is 8.31. The quantitative estimate of drug-likeness (QED) is 0.787. The van der Waals surface area contributed by atoms with E-state index in [0.717, 1.165) is 22.6 Å². The van der Waals surface area contributed by atoms with E-state index < -0.39 is 0 Å². The van der Waals surface area contributed by atoms with Crippen molar-refractivity contribution in [2.75, 3.05) is 35.5 Å². The number of hydrogen-bond donors (Lipinski definition) is 0. The van der Waals surface area contributed by atoms with Crippen LogP contribution in [0.25, 0.3) is 0 Å². The zero-order valence-electron chi connectivity index (χ0n) is 15.7. The van der Waals surface area contributed by atoms with E-state index in [9.17, 15) is 0 Å². The van der Waals surface area contributed by atoms with Gasteiger partial charge < -0.3 is 28.4 Å². The monoisotopic (exact) mass is 360 g/mol. The molecule has 6 nitrogen and oxygen atoms in total. The zero-order valence-corrected chi connectivity index (χ0v) is 15.7. The third-order valence-electron chi connectivity index (χ3n) is 4.63. The van der Waals surface area contributed by atoms with Gasteiger partial charge in [-0.25, -0.2) is 0 Å². The molecule has 0 N–H and O–H groups in total. The average Bonchev–Trinajstić information content (AvgIpc) is 2.71. The fourth-order valence-corrected chi connectivity index (χ4v) is 3.24. The minimum Gasteiger partial charge on any atom is -0.496 e. The zero-order chi connectivity index (χ0) is 18.7. The first-order chi connectivity index (χ1) is 12.6. The Morgan fingerprint density at radius 1 is 0.808 bits per heavy atom. The Balaban J connectivity index is 2.02. The Morgan fingerprint density at radius 3 is 2.15 bits per heavy atom. The van der Waals surface area contributed by atoms with Gasteiger partial charge in [0.25, 0.3) is 0 Å². The van der Waals surface area contributed by atoms with Crippen LogP contribution in [-0.4, -0.2) is 41.7 Å². The van der Waals surface area contributed by atoms with Gasteiger partial charge in [-0.3, -0.25) is 0 Å². The molecule has 0 saturated heterocycles. The van der Waals surface area contributed by atoms with Gasteiger partial charge in [-0.15, -0.1) is 0 Å². The summed E-state index contributed by atoms with van der Waals surface area (Å²) in [6.07, 6.45) is 0.213. The number of methoxy groups -OCH3 is 5. The van der Waals surface area contributed by atoms with Crippen molar-refractivity contribution in [3.63, 3.8) is 0 Å². The lowest BCUT2D eigenvalue weighted by Gasteiger charge is -2.34. The van der Waals surface area contributed by atoms with Crippen molar-refractivity contribution in [2.45, 2.75) is 18.6 Å². The Morgan fingerprint density at radius 2 is 1.54 bits per heavy atom. The highest BCUT2D eigenvalue weighted by molar-refractivity contribution is 5.53. The minimum absolute atomic E-state index is 0.164. The third-order valence-corrected chi connectivity index (χ3v) is 4.63. The van der Waals surface area contributed by atoms with Crippen molar-refractivity contribution in [2.24, 2.45) is 0 Å². The lowest BCUT2D eigenvalue weighted by molar-refractivity contribution is -0.0122. The second-order valence-electron chi connectivity index (χ2n) is 5.94. The molecular weight excluding hydrogens is 336 g/mol. The van der Waals surface area contributed by atoms with Crippen molar-refractivity contribution in [1.82, 2.24) is 0 Å². The molecule has 1 aliphatic heterocycles. The summed E-state index contributed by atoms with van der Waals surface area (Å²) in [5.41, 5.74) is 1.92. The number of rotatable bonds is 6. The van der Waals surface area contributed by atoms with Crippen molar-refractivity contribution in [1.29, 1.82) is 0 Å². The lowest BCUT2D eigenvalue weighted by atomic mass is 9.93. The van der Waals surface area contributed by atoms with E-state index in [4.69, 9.17) is 28.4 Å². The number of hydrogen-bond acceptors (Lipinski definition) is 6. The van der Waals surface area contributed by atoms with Gasteiger partial charge in [-0.2, -0.15) is 0 Å². The van der Waals surface area contributed by atoms with Crippen molar-refractivity contribution in [3.05, 3.63) is 41.5 Å². The summed E-state index contributed by atoms with van der Waals surface area (Å²) in [6.45, 7) is 0. The van der Waals surface area contributed by atoms with Crippen LogP contribution >= 0.6 is 0 Å². The number of benzene rings is 2. The van der Waals surface area contributed by atoms with Gasteiger partial charge in [0.15, 0.2) is 17.6 Å². The van der Waals surface area contributed by atoms with E-state index in [2.05, 4.69) is 0 Å². The molecular formula is C20H24O6. The standard InChI is InChI=1S/C20H24O6/c1-21-13-9-16(23-3)14-11-19(25-5)20(26-17(14)10-13)12-6-7-15(22-2)18(8-12)24-4/h6-10,19-20H,11H2,1-5H3/t19-,20+/m0/s1. The summed E-state index contributed by atoms with van der Waals surface area (Å²) in [5.74, 6) is 3.46. The topological polar surface area (TPSA) is 55.4 Å². The van der Waals surface area contributed by atoms with Crippen LogP contribution in [0.2, 0.25) is 0 Å². The lowest BCUT2D eigenvalue weighted by Crippen LogP contribution is -2.32. The molecule has 2 aromatic carbocycles. The molecule has 0 aromatic heterocycles. The summed E-state index contributed by atoms with van der Waals surface area (Å²) in [5, 5.41) is 0. The second kappa shape index (κ2) is 7.74. The molecule has 1 aliphatic rings. The smallest absolute Gasteiger partial charge is 0.161 e. The van der Waals surface area contributed by atoms with Gasteiger partial charge in [0.1, 0.15) is 23.4 Å². The highest BCUT2D eigenvalue weighted by atomic mass is 16.5. The third kappa shape index (κ3) is 3.24. The van der Waals surface area contributed by atoms with Crippen LogP contribution in [0.1, 0.15) is 17.2 Å². The van der Waals surface area contributed by atoms with Gasteiger partial charge in [-0.1, -0.05) is 6.07 Å². The van der Waals surface area contributed by atoms with E-state index in [0.29, 0.717) is 23.7 Å². The molecule has 0 unspecified atom stereocenters. The van der Waals surface area contributed by atoms with Crippen molar-refractivity contribution < 1.29 is 28.4 Å². The predicted molar refractivity (Wildman–Crippen MR) is 97.0 cm³/mol. The predicted octanol–water partition coefficient (Wildman–Crippen LogP) is 3.41. The first kappa shape index (κ1) is 18.2. The molecule has 0 aliphatic carbocycles. The molecule has 0 bridgehead atoms. The molecule has 26 heavy (non-hydrogen) atoms. The van der Waals surface area contributed by atoms with Gasteiger partial charge >= 0.3 is 0 Å². The van der Waals surface area contributed by atoms with E-state index in [1.165, 1.54) is 0 Å². The van der Waals surface area contributed by atoms with Crippen LogP contribution in [0, 0.1) is 0 Å². The second-order valence-corrected chi connectivity index (χ2v) is 5.94. The van der Waals surface area contributed by atoms with E-state index in [1.54, 1.807) is 35.5 Å². The van der Waals surface area contributed by atoms with E-state index >= 15 is 0 Å². The maximum Gasteiger partial charge on any atom is 0.161 e. The summed E-state index contributed by atoms with van der Waals surface area (Å²) in [6, 6.07) is 9.47. The largest absolute Gasteiger partial charge is 0.496 e. The van der Waals surface area contributed by atoms with Gasteiger partial charge in [0, 0.05) is 31.2 Å². The highest BCUT2D eigenvalue weighted by Crippen LogP contribution is 2.44. The molecule has 3 rings (SSSR count). The molecule has 0 fully saturated rings. The number of ether oxygens (including phenoxy) is 6. The molecule has 140 valence electrons. The average molecular weight is 360 g/mol. The summed E-state index contributed by atoms with van der Waals surface area (Å²) in [4.78, 5) is 0. The van der Waals surface area contributed by atoms with E-state index in [1.807, 2.05) is 30.3 Å². The Bertz CT molecular complexity index is 773. The summed E-state index contributed by atoms with van der Waals surface area (Å²) >= 11 is 0. The fourth-order valence-electron chi connectivity index (χ4n) is 3.24. The van der Waals surface area contributed by atoms with Gasteiger partial charge in [0.05, 0.1) is 28.4 Å². The van der Waals surface area contributed by atoms with Crippen LogP contribution in [0.3, 0.4) is 0 Å².